The fourth-order valence-electron chi connectivity index (χ4n) is 10.7. The molecule has 65 heavy (non-hydrogen) atoms. The molecule has 4 heterocycles. The zero-order valence-corrected chi connectivity index (χ0v) is 34.7. The molecule has 1 aliphatic carbocycles. The summed E-state index contributed by atoms with van der Waals surface area (Å²) < 4.78 is 13.5. The molecule has 0 saturated heterocycles. The molecule has 0 saturated carbocycles. The Labute approximate surface area is 373 Å². The number of hydrogen-bond acceptors (Lipinski definition) is 6. The molecule has 14 rings (SSSR count). The number of benzene rings is 9. The van der Waals surface area contributed by atoms with Crippen molar-refractivity contribution in [3.63, 3.8) is 0 Å². The van der Waals surface area contributed by atoms with Crippen molar-refractivity contribution < 1.29 is 9.15 Å². The number of rotatable bonds is 4. The highest BCUT2D eigenvalue weighted by atomic mass is 16.5. The largest absolute Gasteiger partial charge is 0.456 e. The van der Waals surface area contributed by atoms with Crippen molar-refractivity contribution in [2.24, 2.45) is 0 Å². The molecule has 0 N–H and O–H groups in total. The maximum Gasteiger partial charge on any atom is 0.164 e. The first-order valence-electron chi connectivity index (χ1n) is 21.9. The Morgan fingerprint density at radius 1 is 0.354 bits per heavy atom. The van der Waals surface area contributed by atoms with Gasteiger partial charge < -0.3 is 9.15 Å². The number of ether oxygens (including phenoxy) is 1. The second-order valence-corrected chi connectivity index (χ2v) is 16.8. The van der Waals surface area contributed by atoms with Crippen LogP contribution in [0.3, 0.4) is 0 Å². The molecule has 1 spiro atoms. The van der Waals surface area contributed by atoms with E-state index in [1.807, 2.05) is 60.7 Å². The molecule has 302 valence electrons. The Kier molecular flexibility index (Phi) is 7.51. The fourth-order valence-corrected chi connectivity index (χ4v) is 10.7. The van der Waals surface area contributed by atoms with Gasteiger partial charge in [0, 0.05) is 60.3 Å². The first kappa shape index (κ1) is 35.8. The van der Waals surface area contributed by atoms with Gasteiger partial charge in [0.05, 0.1) is 16.6 Å². The van der Waals surface area contributed by atoms with Crippen LogP contribution in [-0.4, -0.2) is 19.9 Å². The molecule has 0 amide bonds. The SMILES string of the molecule is c1ccc(-c2nc(-c3cccc(-c4nc5ccccc5c5c6c(ccc45)C4(c5ccccc5O6)c5ccccc5-c5ccccc54)c3)nc(-c3cccc4oc5ccccc5c34)n2)cc1. The third-order valence-electron chi connectivity index (χ3n) is 13.4. The van der Waals surface area contributed by atoms with Crippen LogP contribution in [0.25, 0.3) is 100 Å². The van der Waals surface area contributed by atoms with E-state index in [-0.39, 0.29) is 0 Å². The van der Waals surface area contributed by atoms with Crippen LogP contribution in [0.2, 0.25) is 0 Å². The molecule has 0 unspecified atom stereocenters. The third-order valence-corrected chi connectivity index (χ3v) is 13.4. The summed E-state index contributed by atoms with van der Waals surface area (Å²) in [5, 5.41) is 5.04. The summed E-state index contributed by atoms with van der Waals surface area (Å²) in [4.78, 5) is 20.9. The van der Waals surface area contributed by atoms with E-state index < -0.39 is 5.41 Å². The van der Waals surface area contributed by atoms with E-state index in [1.54, 1.807) is 0 Å². The first-order chi connectivity index (χ1) is 32.2. The Morgan fingerprint density at radius 2 is 0.954 bits per heavy atom. The summed E-state index contributed by atoms with van der Waals surface area (Å²) in [5.41, 5.74) is 13.6. The fraction of sp³-hybridized carbons (Fsp3) is 0.0169. The van der Waals surface area contributed by atoms with Crippen LogP contribution in [0.1, 0.15) is 22.3 Å². The Balaban J connectivity index is 1.000. The van der Waals surface area contributed by atoms with Crippen LogP contribution in [0.5, 0.6) is 11.5 Å². The maximum absolute atomic E-state index is 7.20. The molecule has 6 nitrogen and oxygen atoms in total. The lowest BCUT2D eigenvalue weighted by atomic mass is 9.65. The minimum absolute atomic E-state index is 0.559. The third kappa shape index (κ3) is 5.10. The molecule has 9 aromatic carbocycles. The number of furan rings is 1. The number of aromatic nitrogens is 4. The van der Waals surface area contributed by atoms with Crippen LogP contribution < -0.4 is 4.74 Å². The molecule has 1 aliphatic heterocycles. The summed E-state index contributed by atoms with van der Waals surface area (Å²) >= 11 is 0. The molecule has 12 aromatic rings. The number of fused-ring (bicyclic) bond motifs is 16. The monoisotopic (exact) mass is 830 g/mol. The van der Waals surface area contributed by atoms with Gasteiger partial charge in [-0.25, -0.2) is 19.9 Å². The number of hydrogen-bond donors (Lipinski definition) is 0. The molecule has 3 aromatic heterocycles. The van der Waals surface area contributed by atoms with Crippen LogP contribution in [0.4, 0.5) is 0 Å². The lowest BCUT2D eigenvalue weighted by Crippen LogP contribution is -2.32. The van der Waals surface area contributed by atoms with E-state index in [0.29, 0.717) is 17.5 Å². The highest BCUT2D eigenvalue weighted by molar-refractivity contribution is 6.15. The van der Waals surface area contributed by atoms with E-state index in [2.05, 4.69) is 146 Å². The molecular weight excluding hydrogens is 797 g/mol. The van der Waals surface area contributed by atoms with Gasteiger partial charge in [0.15, 0.2) is 17.5 Å². The number of pyridine rings is 1. The van der Waals surface area contributed by atoms with Gasteiger partial charge in [-0.2, -0.15) is 0 Å². The van der Waals surface area contributed by atoms with Crippen molar-refractivity contribution in [2.45, 2.75) is 5.41 Å². The second-order valence-electron chi connectivity index (χ2n) is 16.8. The summed E-state index contributed by atoms with van der Waals surface area (Å²) in [7, 11) is 0. The summed E-state index contributed by atoms with van der Waals surface area (Å²) in [6.45, 7) is 0. The number of para-hydroxylation sites is 3. The van der Waals surface area contributed by atoms with Gasteiger partial charge in [0.2, 0.25) is 0 Å². The van der Waals surface area contributed by atoms with E-state index in [1.165, 1.54) is 22.3 Å². The van der Waals surface area contributed by atoms with Gasteiger partial charge in [-0.3, -0.25) is 0 Å². The molecule has 6 heteroatoms. The first-order valence-corrected chi connectivity index (χ1v) is 21.9. The van der Waals surface area contributed by atoms with Crippen molar-refractivity contribution in [1.82, 2.24) is 19.9 Å². The average molecular weight is 831 g/mol. The minimum atomic E-state index is -0.587. The molecule has 0 fully saturated rings. The zero-order chi connectivity index (χ0) is 42.6. The Morgan fingerprint density at radius 3 is 1.78 bits per heavy atom. The van der Waals surface area contributed by atoms with Gasteiger partial charge in [-0.05, 0) is 52.6 Å². The van der Waals surface area contributed by atoms with Crippen LogP contribution >= 0.6 is 0 Å². The zero-order valence-electron chi connectivity index (χ0n) is 34.7. The Hall–Kier alpha value is -8.74. The molecule has 2 aliphatic rings. The smallest absolute Gasteiger partial charge is 0.164 e. The van der Waals surface area contributed by atoms with Crippen molar-refractivity contribution in [3.8, 4) is 68.0 Å². The van der Waals surface area contributed by atoms with Gasteiger partial charge >= 0.3 is 0 Å². The summed E-state index contributed by atoms with van der Waals surface area (Å²) in [6, 6.07) is 71.8. The predicted octanol–water partition coefficient (Wildman–Crippen LogP) is 14.6. The average Bonchev–Trinajstić information content (AvgIpc) is 3.90. The van der Waals surface area contributed by atoms with E-state index >= 15 is 0 Å². The van der Waals surface area contributed by atoms with Crippen LogP contribution in [0.15, 0.2) is 211 Å². The van der Waals surface area contributed by atoms with Gasteiger partial charge in [0.1, 0.15) is 22.7 Å². The summed E-state index contributed by atoms with van der Waals surface area (Å²) in [5.74, 6) is 3.41. The number of nitrogens with zero attached hydrogens (tertiary/aromatic N) is 4. The van der Waals surface area contributed by atoms with E-state index in [0.717, 1.165) is 94.2 Å². The normalized spacial score (nSPS) is 13.2. The lowest BCUT2D eigenvalue weighted by Gasteiger charge is -2.40. The van der Waals surface area contributed by atoms with Crippen molar-refractivity contribution in [1.29, 1.82) is 0 Å². The molecule has 0 radical (unpaired) electrons. The van der Waals surface area contributed by atoms with Crippen molar-refractivity contribution in [3.05, 3.63) is 229 Å². The van der Waals surface area contributed by atoms with Crippen molar-refractivity contribution >= 4 is 43.6 Å². The van der Waals surface area contributed by atoms with Gasteiger partial charge in [-0.15, -0.1) is 0 Å². The van der Waals surface area contributed by atoms with E-state index in [4.69, 9.17) is 29.1 Å². The molecule has 0 atom stereocenters. The minimum Gasteiger partial charge on any atom is -0.456 e. The highest BCUT2D eigenvalue weighted by Crippen LogP contribution is 2.63. The lowest BCUT2D eigenvalue weighted by molar-refractivity contribution is 0.442. The topological polar surface area (TPSA) is 73.9 Å². The van der Waals surface area contributed by atoms with Crippen LogP contribution in [0, 0.1) is 0 Å². The quantitative estimate of drug-likeness (QED) is 0.165. The van der Waals surface area contributed by atoms with Gasteiger partial charge in [-0.1, -0.05) is 176 Å². The standard InChI is InChI=1S/C59H34N4O2/c1-2-16-35(17-3-1)56-61-57(63-58(62-56)43-24-15-31-51-52(43)41-23-7-12-29-49(41)64-51)37-19-14-18-36(34-37)54-42-32-33-47-55(53(42)40-22-6-11-28-48(40)60-54)65-50-30-13-10-27-46(50)59(47)44-25-8-4-20-38(44)39-21-5-9-26-45(39)59/h1-34H. The van der Waals surface area contributed by atoms with Gasteiger partial charge in [0.25, 0.3) is 0 Å². The summed E-state index contributed by atoms with van der Waals surface area (Å²) in [6.07, 6.45) is 0. The predicted molar refractivity (Wildman–Crippen MR) is 259 cm³/mol. The highest BCUT2D eigenvalue weighted by Gasteiger charge is 2.51. The second kappa shape index (κ2) is 13.6. The van der Waals surface area contributed by atoms with Crippen molar-refractivity contribution in [2.75, 3.05) is 0 Å². The molecular formula is C59H34N4O2. The maximum atomic E-state index is 7.20. The molecule has 0 bridgehead atoms. The van der Waals surface area contributed by atoms with Crippen LogP contribution in [-0.2, 0) is 5.41 Å². The van der Waals surface area contributed by atoms with E-state index in [9.17, 15) is 0 Å². The Bertz CT molecular complexity index is 3900.